The Bertz CT molecular complexity index is 677. The zero-order chi connectivity index (χ0) is 15.1. The molecule has 0 radical (unpaired) electrons. The maximum Gasteiger partial charge on any atom is 0.188 e. The van der Waals surface area contributed by atoms with Crippen LogP contribution in [0.4, 0.5) is 0 Å². The molecule has 0 aliphatic carbocycles. The number of aryl methyl sites for hydroxylation is 1. The van der Waals surface area contributed by atoms with E-state index in [4.69, 9.17) is 9.84 Å². The normalized spacial score (nSPS) is 9.86. The number of aliphatic hydroxyl groups is 1. The highest BCUT2D eigenvalue weighted by Crippen LogP contribution is 2.27. The standard InChI is InChI=1S/C16H16N2O2S/c1-12-7-8-17-16(18-12)21-11-14-10-13(4-3-9-19)5-6-15(14)20-2/h5-8,10,19H,9,11H2,1-2H3. The number of aromatic nitrogens is 2. The van der Waals surface area contributed by atoms with Crippen LogP contribution in [0, 0.1) is 18.8 Å². The van der Waals surface area contributed by atoms with Crippen molar-refractivity contribution < 1.29 is 9.84 Å². The van der Waals surface area contributed by atoms with Gasteiger partial charge in [0.15, 0.2) is 5.16 Å². The molecule has 2 aromatic rings. The third-order valence-electron chi connectivity index (χ3n) is 2.72. The summed E-state index contributed by atoms with van der Waals surface area (Å²) >= 11 is 1.55. The van der Waals surface area contributed by atoms with Crippen molar-refractivity contribution in [1.29, 1.82) is 0 Å². The molecule has 1 aromatic heterocycles. The molecule has 108 valence electrons. The summed E-state index contributed by atoms with van der Waals surface area (Å²) in [5, 5.41) is 9.50. The number of thioether (sulfide) groups is 1. The van der Waals surface area contributed by atoms with Crippen molar-refractivity contribution in [3.8, 4) is 17.6 Å². The van der Waals surface area contributed by atoms with Crippen molar-refractivity contribution >= 4 is 11.8 Å². The number of methoxy groups -OCH3 is 1. The monoisotopic (exact) mass is 300 g/mol. The molecule has 1 N–H and O–H groups in total. The van der Waals surface area contributed by atoms with Gasteiger partial charge < -0.3 is 9.84 Å². The van der Waals surface area contributed by atoms with E-state index in [1.807, 2.05) is 31.2 Å². The molecular formula is C16H16N2O2S. The predicted molar refractivity (Wildman–Crippen MR) is 83.3 cm³/mol. The maximum absolute atomic E-state index is 8.76. The third-order valence-corrected chi connectivity index (χ3v) is 3.63. The number of ether oxygens (including phenoxy) is 1. The van der Waals surface area contributed by atoms with Crippen LogP contribution in [0.25, 0.3) is 0 Å². The van der Waals surface area contributed by atoms with E-state index in [1.54, 1.807) is 25.1 Å². The molecule has 0 aliphatic rings. The van der Waals surface area contributed by atoms with Crippen LogP contribution in [-0.2, 0) is 5.75 Å². The van der Waals surface area contributed by atoms with E-state index in [9.17, 15) is 0 Å². The first-order valence-electron chi connectivity index (χ1n) is 6.42. The lowest BCUT2D eigenvalue weighted by molar-refractivity contribution is 0.350. The molecule has 1 aromatic carbocycles. The number of benzene rings is 1. The average Bonchev–Trinajstić information content (AvgIpc) is 2.51. The Balaban J connectivity index is 2.17. The highest BCUT2D eigenvalue weighted by Gasteiger charge is 2.06. The van der Waals surface area contributed by atoms with E-state index < -0.39 is 0 Å². The lowest BCUT2D eigenvalue weighted by Gasteiger charge is -2.08. The van der Waals surface area contributed by atoms with Gasteiger partial charge in [-0.1, -0.05) is 23.6 Å². The third kappa shape index (κ3) is 4.48. The zero-order valence-corrected chi connectivity index (χ0v) is 12.8. The summed E-state index contributed by atoms with van der Waals surface area (Å²) in [6.07, 6.45) is 1.76. The van der Waals surface area contributed by atoms with Gasteiger partial charge in [-0.2, -0.15) is 0 Å². The lowest BCUT2D eigenvalue weighted by Crippen LogP contribution is -1.93. The SMILES string of the molecule is COc1ccc(C#CCO)cc1CSc1nccc(C)n1. The molecule has 1 heterocycles. The molecule has 0 unspecified atom stereocenters. The minimum absolute atomic E-state index is 0.146. The van der Waals surface area contributed by atoms with Crippen LogP contribution in [-0.4, -0.2) is 28.8 Å². The summed E-state index contributed by atoms with van der Waals surface area (Å²) in [5.74, 6) is 7.05. The number of hydrogen-bond donors (Lipinski definition) is 1. The molecular weight excluding hydrogens is 284 g/mol. The largest absolute Gasteiger partial charge is 0.496 e. The number of aliphatic hydroxyl groups excluding tert-OH is 1. The quantitative estimate of drug-likeness (QED) is 0.534. The van der Waals surface area contributed by atoms with Crippen LogP contribution in [0.3, 0.4) is 0 Å². The van der Waals surface area contributed by atoms with Crippen molar-refractivity contribution in [1.82, 2.24) is 9.97 Å². The van der Waals surface area contributed by atoms with Crippen molar-refractivity contribution in [3.63, 3.8) is 0 Å². The summed E-state index contributed by atoms with van der Waals surface area (Å²) in [5.41, 5.74) is 2.82. The molecule has 0 atom stereocenters. The van der Waals surface area contributed by atoms with Crippen LogP contribution in [0.15, 0.2) is 35.6 Å². The smallest absolute Gasteiger partial charge is 0.188 e. The molecule has 4 nitrogen and oxygen atoms in total. The van der Waals surface area contributed by atoms with E-state index in [0.717, 1.165) is 27.7 Å². The van der Waals surface area contributed by atoms with E-state index in [1.165, 1.54) is 0 Å². The van der Waals surface area contributed by atoms with Crippen LogP contribution in [0.2, 0.25) is 0 Å². The van der Waals surface area contributed by atoms with Crippen molar-refractivity contribution in [3.05, 3.63) is 47.3 Å². The molecule has 0 saturated heterocycles. The highest BCUT2D eigenvalue weighted by molar-refractivity contribution is 7.98. The molecule has 0 spiro atoms. The van der Waals surface area contributed by atoms with Crippen LogP contribution < -0.4 is 4.74 Å². The molecule has 2 rings (SSSR count). The zero-order valence-electron chi connectivity index (χ0n) is 12.0. The second-order valence-electron chi connectivity index (χ2n) is 4.26. The number of hydrogen-bond acceptors (Lipinski definition) is 5. The van der Waals surface area contributed by atoms with Gasteiger partial charge >= 0.3 is 0 Å². The van der Waals surface area contributed by atoms with Crippen LogP contribution in [0.1, 0.15) is 16.8 Å². The summed E-state index contributed by atoms with van der Waals surface area (Å²) < 4.78 is 5.37. The summed E-state index contributed by atoms with van der Waals surface area (Å²) in [6, 6.07) is 7.59. The lowest BCUT2D eigenvalue weighted by atomic mass is 10.1. The van der Waals surface area contributed by atoms with Crippen LogP contribution in [0.5, 0.6) is 5.75 Å². The van der Waals surface area contributed by atoms with E-state index >= 15 is 0 Å². The second kappa shape index (κ2) is 7.67. The first kappa shape index (κ1) is 15.4. The highest BCUT2D eigenvalue weighted by atomic mass is 32.2. The predicted octanol–water partition coefficient (Wildman–Crippen LogP) is 2.43. The first-order valence-corrected chi connectivity index (χ1v) is 7.40. The Morgan fingerprint density at radius 1 is 1.33 bits per heavy atom. The van der Waals surface area contributed by atoms with Gasteiger partial charge in [0.2, 0.25) is 0 Å². The number of nitrogens with zero attached hydrogens (tertiary/aromatic N) is 2. The molecule has 5 heteroatoms. The molecule has 0 aliphatic heterocycles. The van der Waals surface area contributed by atoms with Gasteiger partial charge in [-0.25, -0.2) is 9.97 Å². The maximum atomic E-state index is 8.76. The fraction of sp³-hybridized carbons (Fsp3) is 0.250. The molecule has 21 heavy (non-hydrogen) atoms. The Hall–Kier alpha value is -2.03. The van der Waals surface area contributed by atoms with E-state index in [0.29, 0.717) is 5.75 Å². The van der Waals surface area contributed by atoms with Gasteiger partial charge in [0.25, 0.3) is 0 Å². The average molecular weight is 300 g/mol. The van der Waals surface area contributed by atoms with E-state index in [-0.39, 0.29) is 6.61 Å². The van der Waals surface area contributed by atoms with Crippen molar-refractivity contribution in [2.45, 2.75) is 17.8 Å². The summed E-state index contributed by atoms with van der Waals surface area (Å²) in [6.45, 7) is 1.80. The topological polar surface area (TPSA) is 55.2 Å². The minimum Gasteiger partial charge on any atom is -0.496 e. The second-order valence-corrected chi connectivity index (χ2v) is 5.20. The first-order chi connectivity index (χ1) is 10.2. The van der Waals surface area contributed by atoms with Crippen LogP contribution >= 0.6 is 11.8 Å². The van der Waals surface area contributed by atoms with Crippen molar-refractivity contribution in [2.24, 2.45) is 0 Å². The van der Waals surface area contributed by atoms with Gasteiger partial charge in [0.1, 0.15) is 12.4 Å². The van der Waals surface area contributed by atoms with Gasteiger partial charge in [0.05, 0.1) is 7.11 Å². The summed E-state index contributed by atoms with van der Waals surface area (Å²) in [7, 11) is 1.64. The Kier molecular flexibility index (Phi) is 5.61. The fourth-order valence-corrected chi connectivity index (χ4v) is 2.60. The Labute approximate surface area is 128 Å². The molecule has 0 saturated carbocycles. The fourth-order valence-electron chi connectivity index (χ4n) is 1.75. The van der Waals surface area contributed by atoms with Gasteiger partial charge in [-0.05, 0) is 31.2 Å². The summed E-state index contributed by atoms with van der Waals surface area (Å²) in [4.78, 5) is 8.60. The van der Waals surface area contributed by atoms with Crippen molar-refractivity contribution in [2.75, 3.05) is 13.7 Å². The number of rotatable bonds is 4. The molecule has 0 fully saturated rings. The minimum atomic E-state index is -0.146. The van der Waals surface area contributed by atoms with Gasteiger partial charge in [-0.15, -0.1) is 0 Å². The molecule has 0 bridgehead atoms. The Morgan fingerprint density at radius 2 is 2.19 bits per heavy atom. The Morgan fingerprint density at radius 3 is 2.90 bits per heavy atom. The van der Waals surface area contributed by atoms with Gasteiger partial charge in [-0.3, -0.25) is 0 Å². The van der Waals surface area contributed by atoms with Gasteiger partial charge in [0, 0.05) is 28.8 Å². The molecule has 0 amide bonds. The van der Waals surface area contributed by atoms with E-state index in [2.05, 4.69) is 21.8 Å².